The first-order valence-electron chi connectivity index (χ1n) is 6.89. The zero-order valence-corrected chi connectivity index (χ0v) is 10.9. The van der Waals surface area contributed by atoms with E-state index in [1.165, 1.54) is 51.3 Å². The molecule has 1 aliphatic heterocycles. The third-order valence-electron chi connectivity index (χ3n) is 3.42. The number of likely N-dealkylation sites (tertiary alicyclic amines) is 1. The summed E-state index contributed by atoms with van der Waals surface area (Å²) in [6, 6.07) is 1.68. The van der Waals surface area contributed by atoms with E-state index in [0.717, 1.165) is 19.5 Å². The maximum absolute atomic E-state index is 11.6. The van der Waals surface area contributed by atoms with Gasteiger partial charge in [0.1, 0.15) is 6.26 Å². The third kappa shape index (κ3) is 4.18. The van der Waals surface area contributed by atoms with E-state index in [2.05, 4.69) is 10.2 Å². The lowest BCUT2D eigenvalue weighted by Crippen LogP contribution is -2.30. The Morgan fingerprint density at radius 2 is 2.06 bits per heavy atom. The summed E-state index contributed by atoms with van der Waals surface area (Å²) >= 11 is 0. The maximum atomic E-state index is 11.6. The molecule has 4 nitrogen and oxygen atoms in total. The molecule has 1 aromatic heterocycles. The Bertz CT molecular complexity index is 341. The van der Waals surface area contributed by atoms with E-state index in [4.69, 9.17) is 4.42 Å². The van der Waals surface area contributed by atoms with Crippen molar-refractivity contribution in [3.63, 3.8) is 0 Å². The third-order valence-corrected chi connectivity index (χ3v) is 3.42. The first-order chi connectivity index (χ1) is 8.86. The fourth-order valence-corrected chi connectivity index (χ4v) is 2.36. The molecule has 4 heteroatoms. The number of amides is 1. The van der Waals surface area contributed by atoms with Crippen molar-refractivity contribution in [2.24, 2.45) is 0 Å². The van der Waals surface area contributed by atoms with Gasteiger partial charge in [-0.3, -0.25) is 4.79 Å². The van der Waals surface area contributed by atoms with E-state index < -0.39 is 0 Å². The quantitative estimate of drug-likeness (QED) is 0.815. The van der Waals surface area contributed by atoms with Gasteiger partial charge in [0.25, 0.3) is 5.91 Å². The smallest absolute Gasteiger partial charge is 0.254 e. The van der Waals surface area contributed by atoms with Crippen LogP contribution >= 0.6 is 0 Å². The average Bonchev–Trinajstić information content (AvgIpc) is 2.80. The molecule has 0 radical (unpaired) electrons. The van der Waals surface area contributed by atoms with Crippen LogP contribution in [0.4, 0.5) is 0 Å². The van der Waals surface area contributed by atoms with E-state index in [1.807, 2.05) is 0 Å². The average molecular weight is 250 g/mol. The predicted octanol–water partition coefficient (Wildman–Crippen LogP) is 2.28. The second kappa shape index (κ2) is 7.21. The molecule has 0 saturated carbocycles. The number of carbonyl (C=O) groups is 1. The molecule has 0 unspecified atom stereocenters. The van der Waals surface area contributed by atoms with Gasteiger partial charge >= 0.3 is 0 Å². The number of hydrogen-bond donors (Lipinski definition) is 1. The lowest BCUT2D eigenvalue weighted by molar-refractivity contribution is 0.0951. The fourth-order valence-electron chi connectivity index (χ4n) is 2.36. The minimum Gasteiger partial charge on any atom is -0.472 e. The van der Waals surface area contributed by atoms with E-state index in [1.54, 1.807) is 6.07 Å². The molecule has 0 atom stereocenters. The van der Waals surface area contributed by atoms with Gasteiger partial charge in [0.05, 0.1) is 11.8 Å². The predicted molar refractivity (Wildman–Crippen MR) is 70.6 cm³/mol. The zero-order valence-electron chi connectivity index (χ0n) is 10.9. The number of nitrogens with one attached hydrogen (secondary N) is 1. The number of carbonyl (C=O) groups excluding carboxylic acids is 1. The monoisotopic (exact) mass is 250 g/mol. The summed E-state index contributed by atoms with van der Waals surface area (Å²) in [5.41, 5.74) is 0.602. The minimum absolute atomic E-state index is 0.0420. The topological polar surface area (TPSA) is 45.5 Å². The van der Waals surface area contributed by atoms with Crippen LogP contribution in [0, 0.1) is 0 Å². The van der Waals surface area contributed by atoms with Gasteiger partial charge in [0.15, 0.2) is 0 Å². The fraction of sp³-hybridized carbons (Fsp3) is 0.643. The van der Waals surface area contributed by atoms with Gasteiger partial charge in [-0.15, -0.1) is 0 Å². The molecule has 0 aromatic carbocycles. The molecule has 0 spiro atoms. The lowest BCUT2D eigenvalue weighted by atomic mass is 10.2. The molecule has 2 heterocycles. The van der Waals surface area contributed by atoms with E-state index in [9.17, 15) is 4.79 Å². The summed E-state index contributed by atoms with van der Waals surface area (Å²) in [6.07, 6.45) is 9.39. The van der Waals surface area contributed by atoms with Crippen molar-refractivity contribution in [2.75, 3.05) is 26.2 Å². The molecule has 1 N–H and O–H groups in total. The van der Waals surface area contributed by atoms with Crippen molar-refractivity contribution in [2.45, 2.75) is 32.1 Å². The Balaban J connectivity index is 1.59. The molecule has 0 aliphatic carbocycles. The van der Waals surface area contributed by atoms with Gasteiger partial charge in [-0.05, 0) is 45.0 Å². The second-order valence-electron chi connectivity index (χ2n) is 4.88. The van der Waals surface area contributed by atoms with Crippen LogP contribution in [0.1, 0.15) is 42.5 Å². The first-order valence-corrected chi connectivity index (χ1v) is 6.89. The van der Waals surface area contributed by atoms with Crippen LogP contribution < -0.4 is 5.32 Å². The van der Waals surface area contributed by atoms with Crippen LogP contribution in [0.3, 0.4) is 0 Å². The van der Waals surface area contributed by atoms with E-state index in [0.29, 0.717) is 5.56 Å². The highest BCUT2D eigenvalue weighted by Gasteiger charge is 2.09. The molecule has 1 aromatic rings. The molecule has 18 heavy (non-hydrogen) atoms. The summed E-state index contributed by atoms with van der Waals surface area (Å²) in [5.74, 6) is -0.0420. The second-order valence-corrected chi connectivity index (χ2v) is 4.88. The van der Waals surface area contributed by atoms with Gasteiger partial charge in [0, 0.05) is 6.54 Å². The van der Waals surface area contributed by atoms with Gasteiger partial charge < -0.3 is 14.6 Å². The van der Waals surface area contributed by atoms with Gasteiger partial charge in [-0.2, -0.15) is 0 Å². The molecule has 0 bridgehead atoms. The van der Waals surface area contributed by atoms with Crippen molar-refractivity contribution in [1.82, 2.24) is 10.2 Å². The Morgan fingerprint density at radius 3 is 2.72 bits per heavy atom. The van der Waals surface area contributed by atoms with Crippen LogP contribution in [0.25, 0.3) is 0 Å². The first kappa shape index (κ1) is 13.1. The lowest BCUT2D eigenvalue weighted by Gasteiger charge is -2.19. The number of rotatable bonds is 5. The highest BCUT2D eigenvalue weighted by atomic mass is 16.3. The molecule has 1 aliphatic rings. The van der Waals surface area contributed by atoms with Crippen molar-refractivity contribution < 1.29 is 9.21 Å². The summed E-state index contributed by atoms with van der Waals surface area (Å²) in [4.78, 5) is 14.1. The van der Waals surface area contributed by atoms with E-state index in [-0.39, 0.29) is 5.91 Å². The summed E-state index contributed by atoms with van der Waals surface area (Å²) in [7, 11) is 0. The molecular formula is C14H22N2O2. The molecule has 1 amide bonds. The Morgan fingerprint density at radius 1 is 1.28 bits per heavy atom. The highest BCUT2D eigenvalue weighted by molar-refractivity contribution is 5.93. The van der Waals surface area contributed by atoms with Crippen LogP contribution in [0.15, 0.2) is 23.0 Å². The van der Waals surface area contributed by atoms with Crippen molar-refractivity contribution >= 4 is 5.91 Å². The normalized spacial score (nSPS) is 17.3. The van der Waals surface area contributed by atoms with Crippen molar-refractivity contribution in [3.05, 3.63) is 24.2 Å². The summed E-state index contributed by atoms with van der Waals surface area (Å²) in [6.45, 7) is 4.26. The maximum Gasteiger partial charge on any atom is 0.254 e. The zero-order chi connectivity index (χ0) is 12.6. The number of nitrogens with zero attached hydrogens (tertiary/aromatic N) is 1. The van der Waals surface area contributed by atoms with Gasteiger partial charge in [0.2, 0.25) is 0 Å². The summed E-state index contributed by atoms with van der Waals surface area (Å²) in [5, 5.41) is 2.91. The van der Waals surface area contributed by atoms with Gasteiger partial charge in [-0.25, -0.2) is 0 Å². The van der Waals surface area contributed by atoms with E-state index >= 15 is 0 Å². The number of furan rings is 1. The van der Waals surface area contributed by atoms with Crippen LogP contribution in [-0.4, -0.2) is 37.0 Å². The SMILES string of the molecule is O=C(NCCCN1CCCCCC1)c1ccoc1. The van der Waals surface area contributed by atoms with Crippen LogP contribution in [0.2, 0.25) is 0 Å². The molecule has 1 saturated heterocycles. The molecular weight excluding hydrogens is 228 g/mol. The van der Waals surface area contributed by atoms with Crippen molar-refractivity contribution in [1.29, 1.82) is 0 Å². The summed E-state index contributed by atoms with van der Waals surface area (Å²) < 4.78 is 4.88. The minimum atomic E-state index is -0.0420. The molecule has 100 valence electrons. The standard InChI is InChI=1S/C14H22N2O2/c17-14(13-6-11-18-12-13)15-7-5-10-16-8-3-1-2-4-9-16/h6,11-12H,1-5,7-10H2,(H,15,17). The molecule has 2 rings (SSSR count). The van der Waals surface area contributed by atoms with Crippen LogP contribution in [0.5, 0.6) is 0 Å². The molecule has 1 fully saturated rings. The largest absolute Gasteiger partial charge is 0.472 e. The van der Waals surface area contributed by atoms with Gasteiger partial charge in [-0.1, -0.05) is 12.8 Å². The van der Waals surface area contributed by atoms with Crippen LogP contribution in [-0.2, 0) is 0 Å². The number of hydrogen-bond acceptors (Lipinski definition) is 3. The highest BCUT2D eigenvalue weighted by Crippen LogP contribution is 2.09. The Labute approximate surface area is 108 Å². The van der Waals surface area contributed by atoms with Crippen molar-refractivity contribution in [3.8, 4) is 0 Å². The Hall–Kier alpha value is -1.29. The Kier molecular flexibility index (Phi) is 5.27.